The number of aromatic amines is 4. The van der Waals surface area contributed by atoms with E-state index in [2.05, 4.69) is 175 Å². The summed E-state index contributed by atoms with van der Waals surface area (Å²) < 4.78 is 3.72. The van der Waals surface area contributed by atoms with Gasteiger partial charge in [-0.3, -0.25) is 4.90 Å². The van der Waals surface area contributed by atoms with Crippen LogP contribution in [0.25, 0.3) is 43.6 Å². The van der Waals surface area contributed by atoms with Gasteiger partial charge in [0.1, 0.15) is 72.1 Å². The number of nitrogens with one attached hydrogen (secondary N) is 5. The van der Waals surface area contributed by atoms with E-state index in [0.29, 0.717) is 100 Å². The third-order valence-corrected chi connectivity index (χ3v) is 25.1. The van der Waals surface area contributed by atoms with E-state index in [4.69, 9.17) is 39.3 Å². The van der Waals surface area contributed by atoms with E-state index < -0.39 is 0 Å². The van der Waals surface area contributed by atoms with E-state index in [9.17, 15) is 20.4 Å². The lowest BCUT2D eigenvalue weighted by atomic mass is 9.81. The van der Waals surface area contributed by atoms with Gasteiger partial charge in [-0.1, -0.05) is 204 Å². The van der Waals surface area contributed by atoms with Crippen molar-refractivity contribution in [2.45, 2.75) is 79.1 Å². The van der Waals surface area contributed by atoms with Gasteiger partial charge in [0.2, 0.25) is 0 Å². The van der Waals surface area contributed by atoms with E-state index in [0.717, 1.165) is 183 Å². The number of oxime groups is 4. The third kappa shape index (κ3) is 20.8. The number of aliphatic imine (C=N–C) groups is 4. The predicted molar refractivity (Wildman–Crippen MR) is 514 cm³/mol. The summed E-state index contributed by atoms with van der Waals surface area (Å²) in [4.78, 5) is 62.6. The summed E-state index contributed by atoms with van der Waals surface area (Å²) in [5.41, 5.74) is 17.9. The summed E-state index contributed by atoms with van der Waals surface area (Å²) in [6.07, 6.45) is 10.0. The van der Waals surface area contributed by atoms with Crippen LogP contribution in [-0.2, 0) is 19.4 Å². The Morgan fingerprint density at radius 1 is 0.452 bits per heavy atom. The lowest BCUT2D eigenvalue weighted by Crippen LogP contribution is -3.09. The average Bonchev–Trinajstić information content (AvgIpc) is 1.62. The van der Waals surface area contributed by atoms with Crippen LogP contribution in [0.4, 0.5) is 22.7 Å². The Kier molecular flexibility index (Phi) is 28.9. The molecule has 2 fully saturated rings. The first-order chi connectivity index (χ1) is 60.1. The van der Waals surface area contributed by atoms with Crippen LogP contribution in [0.2, 0.25) is 0 Å². The highest BCUT2D eigenvalue weighted by molar-refractivity contribution is 9.11. The van der Waals surface area contributed by atoms with Crippen LogP contribution in [0.3, 0.4) is 0 Å². The molecule has 12 aromatic rings. The maximum absolute atomic E-state index is 10.7. The highest BCUT2D eigenvalue weighted by atomic mass is 79.9. The van der Waals surface area contributed by atoms with Crippen molar-refractivity contribution in [2.24, 2.45) is 64.3 Å². The van der Waals surface area contributed by atoms with Crippen LogP contribution in [0.15, 0.2) is 228 Å². The predicted octanol–water partition coefficient (Wildman–Crippen LogP) is 20.0. The van der Waals surface area contributed by atoms with Crippen LogP contribution < -0.4 is 4.90 Å². The van der Waals surface area contributed by atoms with Crippen molar-refractivity contribution in [1.82, 2.24) is 34.6 Å². The fraction of sp³-hybridized carbons (Fsp3) is 0.333. The molecule has 4 aromatic heterocycles. The molecule has 1 saturated carbocycles. The van der Waals surface area contributed by atoms with Crippen LogP contribution in [0.1, 0.15) is 124 Å². The molecule has 9 heterocycles. The Balaban J connectivity index is 0.000000128. The molecule has 24 nitrogen and oxygen atoms in total. The summed E-state index contributed by atoms with van der Waals surface area (Å²) in [6.45, 7) is 19.1. The summed E-state index contributed by atoms with van der Waals surface area (Å²) in [7, 11) is 8.37. The van der Waals surface area contributed by atoms with E-state index in [1.165, 1.54) is 49.8 Å². The lowest BCUT2D eigenvalue weighted by molar-refractivity contribution is -0.880. The lowest BCUT2D eigenvalue weighted by Gasteiger charge is -2.30. The third-order valence-electron chi connectivity index (χ3n) is 23.2. The summed E-state index contributed by atoms with van der Waals surface area (Å²) in [5, 5.41) is 64.2. The summed E-state index contributed by atoms with van der Waals surface area (Å²) in [5.74, 6) is 3.29. The molecule has 0 amide bonds. The fourth-order valence-electron chi connectivity index (χ4n) is 16.6. The number of aromatic hydroxyl groups is 4. The van der Waals surface area contributed by atoms with Gasteiger partial charge in [0.15, 0.2) is 30.1 Å². The number of hydrogen-bond donors (Lipinski definition) is 9. The Labute approximate surface area is 755 Å². The number of piperidine rings is 1. The molecule has 0 radical (unpaired) electrons. The second kappa shape index (κ2) is 40.6. The maximum atomic E-state index is 10.7. The number of rotatable bonds is 26. The van der Waals surface area contributed by atoms with Crippen molar-refractivity contribution >= 4 is 176 Å². The topological polar surface area (TPSA) is 294 Å². The van der Waals surface area contributed by atoms with Gasteiger partial charge in [0, 0.05) is 116 Å². The zero-order valence-corrected chi connectivity index (χ0v) is 77.3. The number of para-hydroxylation sites is 4. The zero-order valence-electron chi connectivity index (χ0n) is 71.0. The molecule has 124 heavy (non-hydrogen) atoms. The minimum absolute atomic E-state index is 0.0655. The largest absolute Gasteiger partial charge is 0.494 e. The highest BCUT2D eigenvalue weighted by Crippen LogP contribution is 2.43. The van der Waals surface area contributed by atoms with E-state index in [1.807, 2.05) is 170 Å². The molecule has 6 aliphatic rings. The molecule has 9 N–H and O–H groups in total. The van der Waals surface area contributed by atoms with Crippen molar-refractivity contribution in [3.8, 4) is 23.5 Å². The monoisotopic (exact) mass is 1930 g/mol. The van der Waals surface area contributed by atoms with Gasteiger partial charge in [-0.2, -0.15) is 0 Å². The Hall–Kier alpha value is -10.6. The fourth-order valence-corrected chi connectivity index (χ4v) is 18.1. The smallest absolute Gasteiger partial charge is 0.199 e. The minimum Gasteiger partial charge on any atom is -0.494 e. The number of likely N-dealkylation sites (tertiary alicyclic amines) is 1. The number of fused-ring (bicyclic) bond motifs is 8. The quantitative estimate of drug-likeness (QED) is 0.0181. The second-order valence-corrected chi connectivity index (χ2v) is 37.0. The standard InChI is InChI=1S/C25H26BrN3O2.C24H25BrN4O2.C24H27BrN4O2.C23H26BrN5O2/c1-15-5-4-6-16(13-15)11-12-31-29-23-18-7-2-3-8-20(18)27-24(23)22-19-14-17(26)9-10-21(19)28-25(22)30;1-15-5-4-10-29(14-15)11-12-31-28-22-17-6-2-3-7-19(17)26-23(22)21-18-13-16(25)8-9-20(18)27-24(21)30;1-15(2)10-11-29(3)12-13-31-28-22-17-6-4-5-7-19(17)26-23(22)21-18-14-16(25)8-9-20(18)27-24(21)30;1-28(2)10-11-29(3)12-13-31-27-21-16-6-4-5-7-18(16)25-22(21)20-17-14-15(24)8-9-19(17)26-23(20)30/h2-3,7-10,14-16,28,30H,4-6,11-13H2,1H3;2-3,6-9,13,15,27,30H,4-5,10-12,14H2,1H3;4-9,14-15,27,30H,10-13H2,1-3H3;4-9,14,26,30H,10-13H2,1-3H3/p+1/b29-23+;2*28-22+;27-21+. The maximum Gasteiger partial charge on any atom is 0.199 e. The second-order valence-electron chi connectivity index (χ2n) is 33.4. The molecule has 0 bridgehead atoms. The SMILES string of the molecule is CC(C)CC[NH+](C)CCO/N=C1/C(c2c(O)[nH]c3ccc(Br)cc23)=Nc2ccccc21.CC1CCCC(CCO/N=C2/C(c3c(O)[nH]c4ccc(Br)cc34)=Nc3ccccc32)C1.CC1CCCN(CCO/N=C2/C(c3c(O)[nH]c4ccc(Br)cc34)=Nc3ccccc32)C1.CN(C)CCN(C)CCO/N=C1/C(c2c(O)[nH]c3ccc(Br)cc23)=Nc2ccccc21. The number of hydrogen-bond acceptors (Lipinski definition) is 19. The van der Waals surface area contributed by atoms with Crippen LogP contribution in [0, 0.1) is 23.7 Å². The number of halogens is 4. The minimum atomic E-state index is 0.0655. The van der Waals surface area contributed by atoms with Gasteiger partial charge >= 0.3 is 0 Å². The Morgan fingerprint density at radius 3 is 1.20 bits per heavy atom. The van der Waals surface area contributed by atoms with Gasteiger partial charge in [-0.15, -0.1) is 0 Å². The number of quaternary nitrogens is 1. The van der Waals surface area contributed by atoms with Crippen LogP contribution in [0.5, 0.6) is 23.5 Å². The molecule has 4 atom stereocenters. The first-order valence-corrected chi connectivity index (χ1v) is 45.7. The molecule has 8 aromatic carbocycles. The van der Waals surface area contributed by atoms with E-state index in [1.54, 1.807) is 0 Å². The van der Waals surface area contributed by atoms with Crippen molar-refractivity contribution < 1.29 is 44.7 Å². The van der Waals surface area contributed by atoms with Gasteiger partial charge in [0.25, 0.3) is 0 Å². The zero-order chi connectivity index (χ0) is 86.7. The number of benzene rings is 8. The number of H-pyrrole nitrogens is 4. The molecular weight excluding hydrogens is 1820 g/mol. The van der Waals surface area contributed by atoms with Crippen molar-refractivity contribution in [2.75, 3.05) is 107 Å². The molecule has 1 aliphatic carbocycles. The Bertz CT molecular complexity index is 5770. The average molecular weight is 1930 g/mol. The first kappa shape index (κ1) is 88.3. The number of likely N-dealkylation sites (N-methyl/N-ethyl adjacent to an activating group) is 3. The number of aromatic nitrogens is 4. The van der Waals surface area contributed by atoms with Crippen LogP contribution in [-0.4, -0.2) is 208 Å². The Morgan fingerprint density at radius 2 is 0.823 bits per heavy atom. The van der Waals surface area contributed by atoms with E-state index >= 15 is 0 Å². The van der Waals surface area contributed by atoms with Crippen LogP contribution >= 0.6 is 63.7 Å². The normalized spacial score (nSPS) is 18.1. The highest BCUT2D eigenvalue weighted by Gasteiger charge is 2.35. The van der Waals surface area contributed by atoms with Crippen molar-refractivity contribution in [3.05, 3.63) is 232 Å². The molecule has 0 spiro atoms. The molecule has 1 saturated heterocycles. The molecule has 5 aliphatic heterocycles. The number of nitrogens with zero attached hydrogens (tertiary/aromatic N) is 11. The summed E-state index contributed by atoms with van der Waals surface area (Å²) >= 11 is 14.1. The molecule has 18 rings (SSSR count). The summed E-state index contributed by atoms with van der Waals surface area (Å²) in [6, 6.07) is 54.7. The van der Waals surface area contributed by atoms with Gasteiger partial charge in [-0.25, -0.2) is 20.0 Å². The molecular formula is C96H105Br4N16O8+. The van der Waals surface area contributed by atoms with Gasteiger partial charge in [0.05, 0.1) is 58.6 Å². The van der Waals surface area contributed by atoms with Crippen molar-refractivity contribution in [3.63, 3.8) is 0 Å². The van der Waals surface area contributed by atoms with Gasteiger partial charge in [-0.05, 0) is 181 Å². The molecule has 28 heteroatoms. The van der Waals surface area contributed by atoms with Gasteiger partial charge < -0.3 is 74.4 Å². The van der Waals surface area contributed by atoms with Crippen molar-refractivity contribution in [1.29, 1.82) is 0 Å². The molecule has 4 unspecified atom stereocenters. The van der Waals surface area contributed by atoms with E-state index in [-0.39, 0.29) is 23.5 Å². The first-order valence-electron chi connectivity index (χ1n) is 42.5. The molecule has 644 valence electrons.